The van der Waals surface area contributed by atoms with Crippen LogP contribution in [0.25, 0.3) is 0 Å². The zero-order valence-electron chi connectivity index (χ0n) is 15.9. The molecule has 0 radical (unpaired) electrons. The lowest BCUT2D eigenvalue weighted by Crippen LogP contribution is -2.40. The molecule has 9 heteroatoms. The van der Waals surface area contributed by atoms with E-state index >= 15 is 0 Å². The smallest absolute Gasteiger partial charge is 0.251 e. The van der Waals surface area contributed by atoms with E-state index in [1.54, 1.807) is 0 Å². The molecule has 1 fully saturated rings. The Morgan fingerprint density at radius 1 is 0.933 bits per heavy atom. The molecule has 0 saturated carbocycles. The van der Waals surface area contributed by atoms with Crippen molar-refractivity contribution in [2.24, 2.45) is 0 Å². The van der Waals surface area contributed by atoms with Gasteiger partial charge < -0.3 is 25.6 Å². The van der Waals surface area contributed by atoms with Crippen molar-refractivity contribution in [3.63, 3.8) is 0 Å². The Kier molecular flexibility index (Phi) is 7.09. The van der Waals surface area contributed by atoms with Crippen LogP contribution >= 0.6 is 0 Å². The Morgan fingerprint density at radius 2 is 1.63 bits per heavy atom. The van der Waals surface area contributed by atoms with Gasteiger partial charge >= 0.3 is 0 Å². The molecule has 1 saturated heterocycles. The van der Waals surface area contributed by atoms with Crippen LogP contribution in [-0.2, 0) is 16.1 Å². The van der Waals surface area contributed by atoms with E-state index in [2.05, 4.69) is 10.6 Å². The molecule has 7 nitrogen and oxygen atoms in total. The number of benzene rings is 2. The molecule has 1 aliphatic rings. The van der Waals surface area contributed by atoms with E-state index in [0.29, 0.717) is 5.56 Å². The summed E-state index contributed by atoms with van der Waals surface area (Å²) in [5.41, 5.74) is 0.815. The van der Waals surface area contributed by atoms with E-state index in [-0.39, 0.29) is 30.9 Å². The number of ether oxygens (including phenoxy) is 1. The largest absolute Gasteiger partial charge is 0.388 e. The van der Waals surface area contributed by atoms with Gasteiger partial charge in [0, 0.05) is 18.7 Å². The summed E-state index contributed by atoms with van der Waals surface area (Å²) in [6.07, 6.45) is -4.68. The van der Waals surface area contributed by atoms with Gasteiger partial charge in [-0.1, -0.05) is 18.2 Å². The predicted molar refractivity (Wildman–Crippen MR) is 102 cm³/mol. The summed E-state index contributed by atoms with van der Waals surface area (Å²) in [7, 11) is 0. The molecule has 0 aliphatic carbocycles. The van der Waals surface area contributed by atoms with Gasteiger partial charge in [0.15, 0.2) is 0 Å². The van der Waals surface area contributed by atoms with Crippen molar-refractivity contribution in [2.75, 3.05) is 6.54 Å². The fourth-order valence-corrected chi connectivity index (χ4v) is 3.15. The average molecular weight is 420 g/mol. The molecule has 4 atom stereocenters. The number of hydrogen-bond donors (Lipinski definition) is 4. The lowest BCUT2D eigenvalue weighted by molar-refractivity contribution is -0.125. The molecule has 0 aromatic heterocycles. The molecule has 30 heavy (non-hydrogen) atoms. The molecular weight excluding hydrogens is 398 g/mol. The van der Waals surface area contributed by atoms with Crippen molar-refractivity contribution < 1.29 is 33.3 Å². The van der Waals surface area contributed by atoms with Gasteiger partial charge in [0.1, 0.15) is 29.9 Å². The number of carbonyl (C=O) groups is 2. The third-order valence-corrected chi connectivity index (χ3v) is 4.80. The maximum atomic E-state index is 13.2. The van der Waals surface area contributed by atoms with Crippen LogP contribution in [0.4, 0.5) is 8.78 Å². The second-order valence-electron chi connectivity index (χ2n) is 7.02. The van der Waals surface area contributed by atoms with Gasteiger partial charge in [0.05, 0.1) is 12.5 Å². The number of hydrogen-bond acceptors (Lipinski definition) is 5. The average Bonchev–Trinajstić information content (AvgIpc) is 2.99. The maximum absolute atomic E-state index is 13.2. The first-order valence-electron chi connectivity index (χ1n) is 9.40. The summed E-state index contributed by atoms with van der Waals surface area (Å²) < 4.78 is 31.6. The van der Waals surface area contributed by atoms with Crippen molar-refractivity contribution in [1.82, 2.24) is 10.6 Å². The zero-order valence-corrected chi connectivity index (χ0v) is 15.9. The van der Waals surface area contributed by atoms with E-state index < -0.39 is 42.0 Å². The highest BCUT2D eigenvalue weighted by Gasteiger charge is 2.43. The highest BCUT2D eigenvalue weighted by molar-refractivity contribution is 5.94. The fraction of sp³-hybridized carbons (Fsp3) is 0.333. The van der Waals surface area contributed by atoms with Gasteiger partial charge in [-0.25, -0.2) is 8.78 Å². The fourth-order valence-electron chi connectivity index (χ4n) is 3.15. The predicted octanol–water partition coefficient (Wildman–Crippen LogP) is 0.890. The summed E-state index contributed by atoms with van der Waals surface area (Å²) >= 11 is 0. The van der Waals surface area contributed by atoms with E-state index in [4.69, 9.17) is 4.74 Å². The minimum atomic E-state index is -1.31. The molecule has 3 rings (SSSR count). The number of aliphatic hydroxyl groups excluding tert-OH is 2. The molecule has 0 spiro atoms. The van der Waals surface area contributed by atoms with Crippen molar-refractivity contribution in [3.05, 3.63) is 71.3 Å². The van der Waals surface area contributed by atoms with Gasteiger partial charge in [0.2, 0.25) is 5.91 Å². The lowest BCUT2D eigenvalue weighted by Gasteiger charge is -2.15. The molecule has 2 aromatic rings. The second kappa shape index (κ2) is 9.75. The van der Waals surface area contributed by atoms with Crippen molar-refractivity contribution >= 4 is 11.8 Å². The Hall–Kier alpha value is -2.88. The summed E-state index contributed by atoms with van der Waals surface area (Å²) in [6, 6.07) is 10.8. The standard InChI is InChI=1S/C21H22F2N2O5/c22-14-6-4-12(5-7-14)10-24-18(26)9-16-19(27)20(28)17(30-16)11-25-21(29)13-2-1-3-15(23)8-13/h1-8,16-17,19-20,27-28H,9-11H2,(H,24,26)(H,25,29). The lowest BCUT2D eigenvalue weighted by atomic mass is 10.1. The molecule has 1 heterocycles. The number of halogens is 2. The molecule has 1 aliphatic heterocycles. The van der Waals surface area contributed by atoms with Crippen LogP contribution in [0.15, 0.2) is 48.5 Å². The van der Waals surface area contributed by atoms with Crippen molar-refractivity contribution in [1.29, 1.82) is 0 Å². The SMILES string of the molecule is O=C(CC1OC(CNC(=O)c2cccc(F)c2)C(O)C1O)NCc1ccc(F)cc1. The first-order chi connectivity index (χ1) is 14.3. The second-order valence-corrected chi connectivity index (χ2v) is 7.02. The highest BCUT2D eigenvalue weighted by atomic mass is 19.1. The van der Waals surface area contributed by atoms with Gasteiger partial charge in [-0.2, -0.15) is 0 Å². The summed E-state index contributed by atoms with van der Waals surface area (Å²) in [6.45, 7) is 0.0544. The Labute approximate surface area is 171 Å². The van der Waals surface area contributed by atoms with Gasteiger partial charge in [-0.3, -0.25) is 9.59 Å². The first kappa shape index (κ1) is 21.8. The number of nitrogens with one attached hydrogen (secondary N) is 2. The molecule has 4 N–H and O–H groups in total. The Morgan fingerprint density at radius 3 is 2.33 bits per heavy atom. The van der Waals surface area contributed by atoms with Crippen molar-refractivity contribution in [3.8, 4) is 0 Å². The number of amides is 2. The molecule has 2 aromatic carbocycles. The normalized spacial score (nSPS) is 23.2. The third-order valence-electron chi connectivity index (χ3n) is 4.80. The quantitative estimate of drug-likeness (QED) is 0.532. The first-order valence-corrected chi connectivity index (χ1v) is 9.40. The number of carbonyl (C=O) groups excluding carboxylic acids is 2. The van der Waals surface area contributed by atoms with Crippen LogP contribution in [0.1, 0.15) is 22.3 Å². The van der Waals surface area contributed by atoms with Gasteiger partial charge in [0.25, 0.3) is 5.91 Å². The molecular formula is C21H22F2N2O5. The van der Waals surface area contributed by atoms with Crippen LogP contribution in [0.5, 0.6) is 0 Å². The van der Waals surface area contributed by atoms with Crippen LogP contribution < -0.4 is 10.6 Å². The Bertz CT molecular complexity index is 893. The summed E-state index contributed by atoms with van der Waals surface area (Å²) in [5.74, 6) is -1.90. The van der Waals surface area contributed by atoms with E-state index in [1.807, 2.05) is 0 Å². The van der Waals surface area contributed by atoms with Crippen molar-refractivity contribution in [2.45, 2.75) is 37.4 Å². The van der Waals surface area contributed by atoms with E-state index in [9.17, 15) is 28.6 Å². The minimum Gasteiger partial charge on any atom is -0.388 e. The van der Waals surface area contributed by atoms with Gasteiger partial charge in [-0.05, 0) is 35.9 Å². The topological polar surface area (TPSA) is 108 Å². The van der Waals surface area contributed by atoms with Crippen LogP contribution in [0, 0.1) is 11.6 Å². The molecule has 160 valence electrons. The molecule has 2 amide bonds. The molecule has 0 bridgehead atoms. The van der Waals surface area contributed by atoms with Crippen LogP contribution in [0.3, 0.4) is 0 Å². The zero-order chi connectivity index (χ0) is 21.7. The molecule has 4 unspecified atom stereocenters. The van der Waals surface area contributed by atoms with E-state index in [1.165, 1.54) is 42.5 Å². The highest BCUT2D eigenvalue weighted by Crippen LogP contribution is 2.23. The Balaban J connectivity index is 1.47. The van der Waals surface area contributed by atoms with E-state index in [0.717, 1.165) is 6.07 Å². The van der Waals surface area contributed by atoms with Gasteiger partial charge in [-0.15, -0.1) is 0 Å². The third kappa shape index (κ3) is 5.59. The number of rotatable bonds is 7. The summed E-state index contributed by atoms with van der Waals surface area (Å²) in [4.78, 5) is 24.2. The number of aliphatic hydroxyl groups is 2. The maximum Gasteiger partial charge on any atom is 0.251 e. The minimum absolute atomic E-state index is 0.111. The summed E-state index contributed by atoms with van der Waals surface area (Å²) in [5, 5.41) is 25.4. The van der Waals surface area contributed by atoms with Crippen LogP contribution in [0.2, 0.25) is 0 Å². The van der Waals surface area contributed by atoms with Crippen LogP contribution in [-0.4, -0.2) is 53.0 Å². The monoisotopic (exact) mass is 420 g/mol.